The van der Waals surface area contributed by atoms with Crippen molar-refractivity contribution in [2.75, 3.05) is 6.56 Å². The summed E-state index contributed by atoms with van der Waals surface area (Å²) in [6, 6.07) is 0. The van der Waals surface area contributed by atoms with Gasteiger partial charge in [0, 0.05) is 0 Å². The van der Waals surface area contributed by atoms with Gasteiger partial charge >= 0.3 is 0 Å². The molecule has 5 heteroatoms. The minimum absolute atomic E-state index is 0.0226. The molecule has 1 aromatic heterocycles. The van der Waals surface area contributed by atoms with Crippen molar-refractivity contribution in [1.29, 1.82) is 0 Å². The van der Waals surface area contributed by atoms with Gasteiger partial charge in [0.1, 0.15) is 4.60 Å². The molecule has 0 aliphatic carbocycles. The first kappa shape index (κ1) is 2.67. The van der Waals surface area contributed by atoms with E-state index in [1.54, 1.807) is 0 Å². The third-order valence-corrected chi connectivity index (χ3v) is 0.912. The second kappa shape index (κ2) is 2.93. The van der Waals surface area contributed by atoms with Gasteiger partial charge in [-0.15, -0.1) is 5.10 Å². The van der Waals surface area contributed by atoms with Crippen molar-refractivity contribution in [3.05, 3.63) is 10.8 Å². The first-order chi connectivity index (χ1) is 6.18. The molecule has 50 valence electrons. The molecular formula is C4H6BrN3O. The topological polar surface area (TPSA) is 50.9 Å². The molecule has 0 fully saturated rings. The summed E-state index contributed by atoms with van der Waals surface area (Å²) in [5.74, 6) is 0. The van der Waals surface area contributed by atoms with Crippen molar-refractivity contribution in [2.45, 2.75) is 6.50 Å². The zero-order valence-electron chi connectivity index (χ0n) is 9.17. The third-order valence-electron chi connectivity index (χ3n) is 0.576. The van der Waals surface area contributed by atoms with Crippen molar-refractivity contribution in [2.24, 2.45) is 0 Å². The van der Waals surface area contributed by atoms with E-state index in [1.807, 2.05) is 0 Å². The lowest BCUT2D eigenvalue weighted by Crippen LogP contribution is -2.01. The Labute approximate surface area is 67.6 Å². The van der Waals surface area contributed by atoms with Crippen molar-refractivity contribution < 1.29 is 12.0 Å². The van der Waals surface area contributed by atoms with Crippen LogP contribution in [-0.2, 0) is 6.50 Å². The van der Waals surface area contributed by atoms with E-state index in [0.29, 0.717) is 4.68 Å². The zero-order chi connectivity index (χ0) is 11.1. The lowest BCUT2D eigenvalue weighted by molar-refractivity contribution is 0.268. The summed E-state index contributed by atoms with van der Waals surface area (Å²) in [7, 11) is 0. The SMILES string of the molecule is [2H]c1c(Br)nnn1C([2H])([2H])C([2H])([2H])O. The zero-order valence-corrected chi connectivity index (χ0v) is 5.75. The number of rotatable bonds is 2. The molecule has 4 nitrogen and oxygen atoms in total. The highest BCUT2D eigenvalue weighted by Gasteiger charge is 1.92. The summed E-state index contributed by atoms with van der Waals surface area (Å²) < 4.78 is 35.8. The molecular weight excluding hydrogens is 186 g/mol. The summed E-state index contributed by atoms with van der Waals surface area (Å²) in [5, 5.41) is 15.4. The minimum atomic E-state index is -3.14. The second-order valence-corrected chi connectivity index (χ2v) is 1.88. The predicted molar refractivity (Wildman–Crippen MR) is 34.8 cm³/mol. The van der Waals surface area contributed by atoms with Gasteiger partial charge < -0.3 is 5.11 Å². The highest BCUT2D eigenvalue weighted by Crippen LogP contribution is 2.00. The highest BCUT2D eigenvalue weighted by atomic mass is 79.9. The van der Waals surface area contributed by atoms with Gasteiger partial charge in [0.2, 0.25) is 0 Å². The number of aliphatic hydroxyl groups is 1. The minimum Gasteiger partial charge on any atom is -0.394 e. The largest absolute Gasteiger partial charge is 0.394 e. The first-order valence-electron chi connectivity index (χ1n) is 4.48. The Bertz CT molecular complexity index is 347. The van der Waals surface area contributed by atoms with E-state index in [9.17, 15) is 0 Å². The van der Waals surface area contributed by atoms with E-state index in [0.717, 1.165) is 0 Å². The number of hydrogen-bond donors (Lipinski definition) is 1. The van der Waals surface area contributed by atoms with Gasteiger partial charge in [-0.3, -0.25) is 0 Å². The van der Waals surface area contributed by atoms with Crippen LogP contribution in [0.25, 0.3) is 0 Å². The van der Waals surface area contributed by atoms with Gasteiger partial charge in [0.05, 0.1) is 26.1 Å². The van der Waals surface area contributed by atoms with Crippen LogP contribution in [0.2, 0.25) is 0 Å². The van der Waals surface area contributed by atoms with Crippen LogP contribution in [0.1, 0.15) is 6.85 Å². The molecule has 0 saturated heterocycles. The van der Waals surface area contributed by atoms with Crippen LogP contribution in [0, 0.1) is 0 Å². The maximum Gasteiger partial charge on any atom is 0.148 e. The Hall–Kier alpha value is -0.420. The fourth-order valence-corrected chi connectivity index (χ4v) is 0.553. The molecule has 0 atom stereocenters. The maximum absolute atomic E-state index is 8.90. The Morgan fingerprint density at radius 3 is 3.33 bits per heavy atom. The summed E-state index contributed by atoms with van der Waals surface area (Å²) in [5.41, 5.74) is 0. The van der Waals surface area contributed by atoms with Crippen LogP contribution in [-0.4, -0.2) is 26.7 Å². The Morgan fingerprint density at radius 2 is 2.89 bits per heavy atom. The lowest BCUT2D eigenvalue weighted by Gasteiger charge is -1.90. The predicted octanol–water partition coefficient (Wildman–Crippen LogP) is 0.0329. The van der Waals surface area contributed by atoms with Crippen molar-refractivity contribution >= 4 is 15.9 Å². The van der Waals surface area contributed by atoms with Crippen molar-refractivity contribution in [3.63, 3.8) is 0 Å². The van der Waals surface area contributed by atoms with Gasteiger partial charge in [-0.1, -0.05) is 5.21 Å². The third kappa shape index (κ3) is 1.76. The Kier molecular flexibility index (Phi) is 0.871. The van der Waals surface area contributed by atoms with Gasteiger partial charge in [-0.25, -0.2) is 4.68 Å². The van der Waals surface area contributed by atoms with E-state index in [2.05, 4.69) is 26.2 Å². The second-order valence-electron chi connectivity index (χ2n) is 1.13. The van der Waals surface area contributed by atoms with Crippen LogP contribution < -0.4 is 0 Å². The fourth-order valence-electron chi connectivity index (χ4n) is 0.314. The Morgan fingerprint density at radius 1 is 2.11 bits per heavy atom. The van der Waals surface area contributed by atoms with E-state index in [1.165, 1.54) is 0 Å². The molecule has 9 heavy (non-hydrogen) atoms. The molecule has 1 heterocycles. The number of aromatic nitrogens is 3. The summed E-state index contributed by atoms with van der Waals surface area (Å²) in [6.45, 7) is -5.99. The molecule has 0 bridgehead atoms. The lowest BCUT2D eigenvalue weighted by atomic mass is 10.7. The van der Waals surface area contributed by atoms with Crippen molar-refractivity contribution in [1.82, 2.24) is 15.0 Å². The average molecular weight is 197 g/mol. The molecule has 1 aromatic rings. The fraction of sp³-hybridized carbons (Fsp3) is 0.500. The number of aryl methyl sites for hydroxylation is 1. The van der Waals surface area contributed by atoms with Gasteiger partial charge in [-0.2, -0.15) is 0 Å². The summed E-state index contributed by atoms with van der Waals surface area (Å²) >= 11 is 2.82. The van der Waals surface area contributed by atoms with Crippen LogP contribution in [0.3, 0.4) is 0 Å². The average Bonchev–Trinajstić information content (AvgIpc) is 2.30. The normalized spacial score (nSPS) is 21.3. The van der Waals surface area contributed by atoms with Crippen LogP contribution in [0.15, 0.2) is 10.8 Å². The molecule has 1 rings (SSSR count). The molecule has 0 amide bonds. The maximum atomic E-state index is 8.90. The number of halogens is 1. The standard InChI is InChI=1S/C4H6BrN3O/c5-4-3-8(1-2-9)7-6-4/h3,9H,1-2H2/i1D2,2D2,3D. The van der Waals surface area contributed by atoms with Crippen LogP contribution >= 0.6 is 15.9 Å². The molecule has 0 aliphatic heterocycles. The smallest absolute Gasteiger partial charge is 0.148 e. The molecule has 1 N–H and O–H groups in total. The van der Waals surface area contributed by atoms with E-state index in [-0.39, 0.29) is 4.60 Å². The molecule has 0 radical (unpaired) electrons. The van der Waals surface area contributed by atoms with Gasteiger partial charge in [0.15, 0.2) is 0 Å². The molecule has 0 spiro atoms. The van der Waals surface area contributed by atoms with Gasteiger partial charge in [0.25, 0.3) is 0 Å². The Balaban J connectivity index is 3.23. The molecule has 0 unspecified atom stereocenters. The molecule has 0 aliphatic rings. The number of nitrogens with zero attached hydrogens (tertiary/aromatic N) is 3. The van der Waals surface area contributed by atoms with Gasteiger partial charge in [-0.05, 0) is 15.9 Å². The van der Waals surface area contributed by atoms with E-state index < -0.39 is 19.2 Å². The first-order valence-corrected chi connectivity index (χ1v) is 2.78. The van der Waals surface area contributed by atoms with Crippen molar-refractivity contribution in [3.8, 4) is 0 Å². The monoisotopic (exact) mass is 196 g/mol. The molecule has 0 aromatic carbocycles. The quantitative estimate of drug-likeness (QED) is 0.727. The van der Waals surface area contributed by atoms with Crippen LogP contribution in [0.5, 0.6) is 0 Å². The highest BCUT2D eigenvalue weighted by molar-refractivity contribution is 9.10. The van der Waals surface area contributed by atoms with Crippen LogP contribution in [0.4, 0.5) is 0 Å². The van der Waals surface area contributed by atoms with E-state index in [4.69, 9.17) is 12.0 Å². The molecule has 0 saturated carbocycles. The summed E-state index contributed by atoms with van der Waals surface area (Å²) in [4.78, 5) is 0. The van der Waals surface area contributed by atoms with E-state index >= 15 is 0 Å². The number of hydrogen-bond acceptors (Lipinski definition) is 3. The summed E-state index contributed by atoms with van der Waals surface area (Å²) in [6.07, 6.45) is -0.451.